The van der Waals surface area contributed by atoms with Crippen LogP contribution in [0.4, 0.5) is 14.5 Å². The number of fused-ring (bicyclic) bond motifs is 1. The van der Waals surface area contributed by atoms with Crippen molar-refractivity contribution >= 4 is 33.1 Å². The van der Waals surface area contributed by atoms with Crippen molar-refractivity contribution in [1.29, 1.82) is 0 Å². The summed E-state index contributed by atoms with van der Waals surface area (Å²) in [6.45, 7) is -2.78. The summed E-state index contributed by atoms with van der Waals surface area (Å²) in [5, 5.41) is 6.58. The minimum Gasteiger partial charge on any atom is -0.473 e. The molecule has 1 aromatic carbocycles. The number of methoxy groups -OCH3 is 1. The largest absolute Gasteiger partial charge is 0.473 e. The fraction of sp³-hybridized carbons (Fsp3) is 0.154. The van der Waals surface area contributed by atoms with Gasteiger partial charge in [-0.2, -0.15) is 13.9 Å². The van der Waals surface area contributed by atoms with E-state index in [0.29, 0.717) is 15.6 Å². The number of nitrogens with zero attached hydrogens (tertiary/aromatic N) is 3. The molecule has 0 bridgehead atoms. The van der Waals surface area contributed by atoms with Crippen LogP contribution in [0.3, 0.4) is 0 Å². The molecule has 0 saturated carbocycles. The number of carbonyl (C=O) groups excluding carboxylic acids is 1. The number of rotatable bonds is 4. The molecule has 1 N–H and O–H groups in total. The molecule has 3 aromatic rings. The van der Waals surface area contributed by atoms with Crippen LogP contribution in [0.5, 0.6) is 5.19 Å². The lowest BCUT2D eigenvalue weighted by Crippen LogP contribution is -2.11. The van der Waals surface area contributed by atoms with E-state index in [0.717, 1.165) is 22.6 Å². The summed E-state index contributed by atoms with van der Waals surface area (Å²) in [5.41, 5.74) is 1.35. The van der Waals surface area contributed by atoms with Crippen molar-refractivity contribution in [3.63, 3.8) is 0 Å². The fourth-order valence-corrected chi connectivity index (χ4v) is 2.65. The SMILES string of the molecule is COc1nc2ccc(NC(=O)c3cnn(C(F)F)c3)cc2s1. The van der Waals surface area contributed by atoms with E-state index < -0.39 is 12.5 Å². The third-order valence-corrected chi connectivity index (χ3v) is 3.84. The molecule has 0 aliphatic rings. The van der Waals surface area contributed by atoms with Crippen molar-refractivity contribution in [2.75, 3.05) is 12.4 Å². The summed E-state index contributed by atoms with van der Waals surface area (Å²) in [6.07, 6.45) is 2.09. The van der Waals surface area contributed by atoms with Gasteiger partial charge >= 0.3 is 6.55 Å². The first-order valence-corrected chi connectivity index (χ1v) is 6.96. The molecule has 114 valence electrons. The number of halogens is 2. The van der Waals surface area contributed by atoms with Gasteiger partial charge in [0.25, 0.3) is 11.1 Å². The van der Waals surface area contributed by atoms with Gasteiger partial charge in [-0.05, 0) is 18.2 Å². The van der Waals surface area contributed by atoms with Gasteiger partial charge < -0.3 is 10.1 Å². The lowest BCUT2D eigenvalue weighted by atomic mass is 10.2. The number of benzene rings is 1. The van der Waals surface area contributed by atoms with Gasteiger partial charge in [0.05, 0.1) is 29.1 Å². The molecule has 22 heavy (non-hydrogen) atoms. The number of ether oxygens (including phenoxy) is 1. The first kappa shape index (κ1) is 14.4. The molecule has 0 radical (unpaired) electrons. The Morgan fingerprint density at radius 2 is 2.27 bits per heavy atom. The van der Waals surface area contributed by atoms with Crippen molar-refractivity contribution in [2.24, 2.45) is 0 Å². The van der Waals surface area contributed by atoms with Gasteiger partial charge in [-0.1, -0.05) is 11.3 Å². The van der Waals surface area contributed by atoms with Crippen molar-refractivity contribution in [2.45, 2.75) is 6.55 Å². The Kier molecular flexibility index (Phi) is 3.72. The zero-order chi connectivity index (χ0) is 15.7. The maximum Gasteiger partial charge on any atom is 0.333 e. The smallest absolute Gasteiger partial charge is 0.333 e. The summed E-state index contributed by atoms with van der Waals surface area (Å²) < 4.78 is 31.2. The van der Waals surface area contributed by atoms with Gasteiger partial charge in [-0.25, -0.2) is 9.67 Å². The van der Waals surface area contributed by atoms with Crippen LogP contribution in [0.2, 0.25) is 0 Å². The van der Waals surface area contributed by atoms with Gasteiger partial charge in [-0.15, -0.1) is 0 Å². The van der Waals surface area contributed by atoms with Gasteiger partial charge in [0, 0.05) is 11.9 Å². The molecule has 2 heterocycles. The average Bonchev–Trinajstić information content (AvgIpc) is 3.13. The molecule has 9 heteroatoms. The second kappa shape index (κ2) is 5.68. The van der Waals surface area contributed by atoms with Gasteiger partial charge in [0.1, 0.15) is 0 Å². The van der Waals surface area contributed by atoms with Crippen molar-refractivity contribution in [1.82, 2.24) is 14.8 Å². The Morgan fingerprint density at radius 1 is 1.45 bits per heavy atom. The van der Waals surface area contributed by atoms with Crippen LogP contribution < -0.4 is 10.1 Å². The van der Waals surface area contributed by atoms with Gasteiger partial charge in [0.2, 0.25) is 0 Å². The predicted octanol–water partition coefficient (Wildman–Crippen LogP) is 3.15. The second-order valence-electron chi connectivity index (χ2n) is 4.31. The third kappa shape index (κ3) is 2.75. The quantitative estimate of drug-likeness (QED) is 0.800. The number of carbonyl (C=O) groups is 1. The minimum absolute atomic E-state index is 0.0577. The Morgan fingerprint density at radius 3 is 2.95 bits per heavy atom. The number of hydrogen-bond acceptors (Lipinski definition) is 5. The van der Waals surface area contributed by atoms with E-state index in [9.17, 15) is 13.6 Å². The molecule has 0 atom stereocenters. The third-order valence-electron chi connectivity index (χ3n) is 2.86. The number of anilines is 1. The highest BCUT2D eigenvalue weighted by Crippen LogP contribution is 2.29. The first-order valence-electron chi connectivity index (χ1n) is 6.15. The van der Waals surface area contributed by atoms with Crippen molar-refractivity contribution in [3.8, 4) is 5.19 Å². The molecule has 0 spiro atoms. The molecule has 0 saturated heterocycles. The van der Waals surface area contributed by atoms with Crippen LogP contribution in [0, 0.1) is 0 Å². The number of nitrogens with one attached hydrogen (secondary N) is 1. The normalized spacial score (nSPS) is 11.1. The number of aromatic nitrogens is 3. The lowest BCUT2D eigenvalue weighted by Gasteiger charge is -2.03. The monoisotopic (exact) mass is 324 g/mol. The molecule has 2 aromatic heterocycles. The van der Waals surface area contributed by atoms with E-state index >= 15 is 0 Å². The van der Waals surface area contributed by atoms with E-state index in [2.05, 4.69) is 15.4 Å². The Labute approximate surface area is 127 Å². The Hall–Kier alpha value is -2.55. The van der Waals surface area contributed by atoms with Gasteiger partial charge in [-0.3, -0.25) is 4.79 Å². The van der Waals surface area contributed by atoms with E-state index in [1.165, 1.54) is 18.4 Å². The molecular formula is C13H10F2N4O2S. The zero-order valence-corrected chi connectivity index (χ0v) is 12.1. The van der Waals surface area contributed by atoms with Crippen LogP contribution in [0.15, 0.2) is 30.6 Å². The fourth-order valence-electron chi connectivity index (χ4n) is 1.83. The summed E-state index contributed by atoms with van der Waals surface area (Å²) in [4.78, 5) is 16.2. The standard InChI is InChI=1S/C13H10F2N4O2S/c1-21-13-18-9-3-2-8(4-10(9)22-13)17-11(20)7-5-16-19(6-7)12(14)15/h2-6,12H,1H3,(H,17,20). The molecule has 0 fully saturated rings. The highest BCUT2D eigenvalue weighted by molar-refractivity contribution is 7.20. The molecule has 0 unspecified atom stereocenters. The summed E-state index contributed by atoms with van der Waals surface area (Å²) in [7, 11) is 1.53. The van der Waals surface area contributed by atoms with E-state index in [4.69, 9.17) is 4.74 Å². The molecule has 3 rings (SSSR count). The summed E-state index contributed by atoms with van der Waals surface area (Å²) in [5.74, 6) is -0.511. The van der Waals surface area contributed by atoms with E-state index in [1.807, 2.05) is 0 Å². The Bertz CT molecular complexity index is 830. The van der Waals surface area contributed by atoms with Crippen LogP contribution in [0.25, 0.3) is 10.2 Å². The van der Waals surface area contributed by atoms with Gasteiger partial charge in [0.15, 0.2) is 0 Å². The lowest BCUT2D eigenvalue weighted by molar-refractivity contribution is 0.0565. The highest BCUT2D eigenvalue weighted by atomic mass is 32.1. The van der Waals surface area contributed by atoms with Crippen LogP contribution in [-0.2, 0) is 0 Å². The van der Waals surface area contributed by atoms with E-state index in [1.54, 1.807) is 18.2 Å². The van der Waals surface area contributed by atoms with Crippen molar-refractivity contribution < 1.29 is 18.3 Å². The van der Waals surface area contributed by atoms with Crippen LogP contribution in [0.1, 0.15) is 16.9 Å². The predicted molar refractivity (Wildman–Crippen MR) is 77.6 cm³/mol. The van der Waals surface area contributed by atoms with Crippen molar-refractivity contribution in [3.05, 3.63) is 36.2 Å². The zero-order valence-electron chi connectivity index (χ0n) is 11.3. The first-order chi connectivity index (χ1) is 10.6. The van der Waals surface area contributed by atoms with Crippen LogP contribution in [-0.4, -0.2) is 27.8 Å². The number of amides is 1. The molecular weight excluding hydrogens is 314 g/mol. The van der Waals surface area contributed by atoms with E-state index in [-0.39, 0.29) is 5.56 Å². The summed E-state index contributed by atoms with van der Waals surface area (Å²) >= 11 is 1.34. The number of hydrogen-bond donors (Lipinski definition) is 1. The van der Waals surface area contributed by atoms with Crippen LogP contribution >= 0.6 is 11.3 Å². The number of thiazole rings is 1. The topological polar surface area (TPSA) is 69.0 Å². The minimum atomic E-state index is -2.78. The number of alkyl halides is 2. The molecule has 0 aliphatic heterocycles. The molecule has 0 aliphatic carbocycles. The average molecular weight is 324 g/mol. The maximum absolute atomic E-state index is 12.4. The molecule has 6 nitrogen and oxygen atoms in total. The Balaban J connectivity index is 1.80. The maximum atomic E-state index is 12.4. The summed E-state index contributed by atoms with van der Waals surface area (Å²) in [6, 6.07) is 5.16. The second-order valence-corrected chi connectivity index (χ2v) is 5.30. The molecule has 1 amide bonds. The highest BCUT2D eigenvalue weighted by Gasteiger charge is 2.13.